The Kier molecular flexibility index (Phi) is 5.85. The maximum atomic E-state index is 12.6. The van der Waals surface area contributed by atoms with Gasteiger partial charge in [-0.05, 0) is 49.2 Å². The molecule has 0 unspecified atom stereocenters. The largest absolute Gasteiger partial charge is 0.411 e. The molecule has 4 rings (SSSR count). The lowest BCUT2D eigenvalue weighted by Crippen LogP contribution is -2.49. The van der Waals surface area contributed by atoms with E-state index >= 15 is 0 Å². The van der Waals surface area contributed by atoms with Crippen molar-refractivity contribution in [2.75, 3.05) is 36.8 Å². The number of thioether (sulfide) groups is 1. The molecule has 150 valence electrons. The Morgan fingerprint density at radius 1 is 1.00 bits per heavy atom. The number of hydrogen-bond acceptors (Lipinski definition) is 6. The Morgan fingerprint density at radius 3 is 2.48 bits per heavy atom. The highest BCUT2D eigenvalue weighted by Crippen LogP contribution is 2.25. The van der Waals surface area contributed by atoms with Crippen LogP contribution in [0.25, 0.3) is 11.5 Å². The molecule has 0 spiro atoms. The Labute approximate surface area is 174 Å². The zero-order chi connectivity index (χ0) is 20.2. The summed E-state index contributed by atoms with van der Waals surface area (Å²) in [5.41, 5.74) is 4.51. The molecule has 1 aromatic heterocycles. The molecule has 0 bridgehead atoms. The molecular formula is C22H24N4O2S. The van der Waals surface area contributed by atoms with E-state index in [-0.39, 0.29) is 5.91 Å². The summed E-state index contributed by atoms with van der Waals surface area (Å²) in [6, 6.07) is 16.4. The van der Waals surface area contributed by atoms with Crippen LogP contribution in [0.3, 0.4) is 0 Å². The number of hydrogen-bond donors (Lipinski definition) is 0. The van der Waals surface area contributed by atoms with Crippen LogP contribution in [-0.2, 0) is 4.79 Å². The number of carbonyl (C=O) groups is 1. The topological polar surface area (TPSA) is 62.5 Å². The lowest BCUT2D eigenvalue weighted by molar-refractivity contribution is -0.128. The summed E-state index contributed by atoms with van der Waals surface area (Å²) in [5.74, 6) is 0.896. The van der Waals surface area contributed by atoms with Gasteiger partial charge in [-0.3, -0.25) is 4.79 Å². The zero-order valence-electron chi connectivity index (χ0n) is 16.7. The third-order valence-corrected chi connectivity index (χ3v) is 6.04. The van der Waals surface area contributed by atoms with Crippen LogP contribution in [0.1, 0.15) is 11.1 Å². The number of para-hydroxylation sites is 1. The maximum Gasteiger partial charge on any atom is 0.277 e. The summed E-state index contributed by atoms with van der Waals surface area (Å²) < 4.78 is 5.74. The summed E-state index contributed by atoms with van der Waals surface area (Å²) in [6.07, 6.45) is 0. The Bertz CT molecular complexity index is 981. The minimum Gasteiger partial charge on any atom is -0.411 e. The van der Waals surface area contributed by atoms with Crippen molar-refractivity contribution in [3.8, 4) is 11.5 Å². The molecule has 3 aromatic rings. The van der Waals surface area contributed by atoms with Gasteiger partial charge in [0.05, 0.1) is 5.75 Å². The van der Waals surface area contributed by atoms with Gasteiger partial charge in [0.2, 0.25) is 11.8 Å². The first-order chi connectivity index (χ1) is 14.1. The molecule has 29 heavy (non-hydrogen) atoms. The van der Waals surface area contributed by atoms with Gasteiger partial charge in [-0.25, -0.2) is 0 Å². The summed E-state index contributed by atoms with van der Waals surface area (Å²) in [4.78, 5) is 16.8. The van der Waals surface area contributed by atoms with Crippen LogP contribution < -0.4 is 4.90 Å². The molecule has 2 aromatic carbocycles. The predicted octanol–water partition coefficient (Wildman–Crippen LogP) is 3.79. The van der Waals surface area contributed by atoms with Gasteiger partial charge >= 0.3 is 0 Å². The summed E-state index contributed by atoms with van der Waals surface area (Å²) in [5, 5.41) is 8.63. The smallest absolute Gasteiger partial charge is 0.277 e. The molecule has 2 heterocycles. The SMILES string of the molecule is Cc1ccc(-c2nnc(SCC(=O)N3CCN(c4ccccc4)CC3)o2)cc1C. The highest BCUT2D eigenvalue weighted by molar-refractivity contribution is 7.99. The fraction of sp³-hybridized carbons (Fsp3) is 0.318. The minimum atomic E-state index is 0.105. The molecule has 0 aliphatic carbocycles. The van der Waals surface area contributed by atoms with Gasteiger partial charge in [0.25, 0.3) is 5.22 Å². The average molecular weight is 409 g/mol. The number of anilines is 1. The van der Waals surface area contributed by atoms with Gasteiger partial charge in [0.15, 0.2) is 0 Å². The third-order valence-electron chi connectivity index (χ3n) is 5.23. The molecule has 0 saturated carbocycles. The van der Waals surface area contributed by atoms with Gasteiger partial charge in [-0.2, -0.15) is 0 Å². The highest BCUT2D eigenvalue weighted by Gasteiger charge is 2.22. The predicted molar refractivity (Wildman–Crippen MR) is 115 cm³/mol. The van der Waals surface area contributed by atoms with E-state index in [0.717, 1.165) is 31.7 Å². The number of carbonyl (C=O) groups excluding carboxylic acids is 1. The van der Waals surface area contributed by atoms with Crippen LogP contribution in [0.4, 0.5) is 5.69 Å². The number of rotatable bonds is 5. The minimum absolute atomic E-state index is 0.105. The van der Waals surface area contributed by atoms with E-state index in [1.165, 1.54) is 28.6 Å². The Morgan fingerprint density at radius 2 is 1.76 bits per heavy atom. The normalized spacial score (nSPS) is 14.3. The van der Waals surface area contributed by atoms with Crippen molar-refractivity contribution >= 4 is 23.4 Å². The van der Waals surface area contributed by atoms with Crippen molar-refractivity contribution in [2.45, 2.75) is 19.1 Å². The molecule has 1 fully saturated rings. The van der Waals surface area contributed by atoms with Gasteiger partial charge in [0, 0.05) is 37.4 Å². The van der Waals surface area contributed by atoms with E-state index in [4.69, 9.17) is 4.42 Å². The molecular weight excluding hydrogens is 384 g/mol. The second-order valence-electron chi connectivity index (χ2n) is 7.16. The van der Waals surface area contributed by atoms with Gasteiger partial charge in [-0.1, -0.05) is 36.0 Å². The lowest BCUT2D eigenvalue weighted by atomic mass is 10.1. The summed E-state index contributed by atoms with van der Waals surface area (Å²) in [7, 11) is 0. The van der Waals surface area contributed by atoms with E-state index < -0.39 is 0 Å². The molecule has 0 N–H and O–H groups in total. The average Bonchev–Trinajstić information content (AvgIpc) is 3.24. The van der Waals surface area contributed by atoms with Crippen molar-refractivity contribution in [1.29, 1.82) is 0 Å². The first kappa shape index (κ1) is 19.5. The van der Waals surface area contributed by atoms with E-state index in [1.54, 1.807) is 0 Å². The van der Waals surface area contributed by atoms with Gasteiger partial charge < -0.3 is 14.2 Å². The lowest BCUT2D eigenvalue weighted by Gasteiger charge is -2.36. The molecule has 0 atom stereocenters. The summed E-state index contributed by atoms with van der Waals surface area (Å²) in [6.45, 7) is 7.27. The second-order valence-corrected chi connectivity index (χ2v) is 8.09. The first-order valence-electron chi connectivity index (χ1n) is 9.72. The molecule has 1 amide bonds. The van der Waals surface area contributed by atoms with Gasteiger partial charge in [0.1, 0.15) is 0 Å². The molecule has 1 aliphatic heterocycles. The van der Waals surface area contributed by atoms with Crippen LogP contribution in [0.2, 0.25) is 0 Å². The molecule has 7 heteroatoms. The number of aromatic nitrogens is 2. The second kappa shape index (κ2) is 8.69. The van der Waals surface area contributed by atoms with Crippen LogP contribution >= 0.6 is 11.8 Å². The molecule has 1 aliphatic rings. The number of amides is 1. The highest BCUT2D eigenvalue weighted by atomic mass is 32.2. The number of piperazine rings is 1. The van der Waals surface area contributed by atoms with E-state index in [9.17, 15) is 4.79 Å². The molecule has 6 nitrogen and oxygen atoms in total. The molecule has 0 radical (unpaired) electrons. The van der Waals surface area contributed by atoms with E-state index in [1.807, 2.05) is 41.3 Å². The monoisotopic (exact) mass is 408 g/mol. The van der Waals surface area contributed by atoms with Crippen LogP contribution in [0, 0.1) is 13.8 Å². The van der Waals surface area contributed by atoms with Crippen LogP contribution in [-0.4, -0.2) is 52.9 Å². The van der Waals surface area contributed by atoms with Crippen molar-refractivity contribution in [2.24, 2.45) is 0 Å². The fourth-order valence-electron chi connectivity index (χ4n) is 3.33. The van der Waals surface area contributed by atoms with Crippen LogP contribution in [0.15, 0.2) is 58.2 Å². The number of nitrogens with zero attached hydrogens (tertiary/aromatic N) is 4. The van der Waals surface area contributed by atoms with E-state index in [2.05, 4.69) is 41.1 Å². The third kappa shape index (κ3) is 4.62. The standard InChI is InChI=1S/C22H24N4O2S/c1-16-8-9-18(14-17(16)2)21-23-24-22(28-21)29-15-20(27)26-12-10-25(11-13-26)19-6-4-3-5-7-19/h3-9,14H,10-13,15H2,1-2H3. The number of benzene rings is 2. The summed E-state index contributed by atoms with van der Waals surface area (Å²) >= 11 is 1.30. The van der Waals surface area contributed by atoms with Gasteiger partial charge in [-0.15, -0.1) is 10.2 Å². The van der Waals surface area contributed by atoms with Crippen molar-refractivity contribution < 1.29 is 9.21 Å². The quantitative estimate of drug-likeness (QED) is 0.599. The van der Waals surface area contributed by atoms with Crippen molar-refractivity contribution in [3.63, 3.8) is 0 Å². The Balaban J connectivity index is 1.29. The Hall–Kier alpha value is -2.80. The molecule has 1 saturated heterocycles. The first-order valence-corrected chi connectivity index (χ1v) is 10.7. The maximum absolute atomic E-state index is 12.6. The zero-order valence-corrected chi connectivity index (χ0v) is 17.5. The van der Waals surface area contributed by atoms with Crippen LogP contribution in [0.5, 0.6) is 0 Å². The number of aryl methyl sites for hydroxylation is 2. The van der Waals surface area contributed by atoms with E-state index in [0.29, 0.717) is 16.9 Å². The fourth-order valence-corrected chi connectivity index (χ4v) is 3.99. The van der Waals surface area contributed by atoms with Crippen molar-refractivity contribution in [1.82, 2.24) is 15.1 Å². The van der Waals surface area contributed by atoms with Crippen molar-refractivity contribution in [3.05, 3.63) is 59.7 Å².